The Morgan fingerprint density at radius 1 is 0.898 bits per heavy atom. The molecule has 0 fully saturated rings. The van der Waals surface area contributed by atoms with Crippen LogP contribution in [0.5, 0.6) is 0 Å². The average Bonchev–Trinajstić information content (AvgIpc) is 3.40. The number of rotatable bonds is 15. The molecule has 1 aromatic carbocycles. The van der Waals surface area contributed by atoms with E-state index in [1.54, 1.807) is 48.5 Å². The molecule has 1 aliphatic heterocycles. The number of Topliss-reactive ketones (excluding diaryl/α,β-unsaturated/α-hetero) is 1. The Labute approximate surface area is 297 Å². The van der Waals surface area contributed by atoms with Crippen molar-refractivity contribution in [2.75, 3.05) is 6.61 Å². The maximum Gasteiger partial charge on any atom is 0.341 e. The summed E-state index contributed by atoms with van der Waals surface area (Å²) in [4.78, 5) is 83.2. The Balaban J connectivity index is 2.24. The van der Waals surface area contributed by atoms with Crippen molar-refractivity contribution in [1.82, 2.24) is 16.1 Å². The van der Waals surface area contributed by atoms with Crippen LogP contribution in [0.1, 0.15) is 98.4 Å². The van der Waals surface area contributed by atoms with Crippen LogP contribution in [0.3, 0.4) is 0 Å². The standard InChI is InChI=1S/C34H47Cl2N3O10/c1-10-34(17-23(39-49-34)29(19(2)3)38-25(41)14-15-26(42)47-32(4,5)6)31(45)37-22(16-27(43)48-33(7,8)9)24(40)18-46-30(44)28-20(35)12-11-13-21(28)36/h11-13,17,19,22,29,39H,10,14-16,18H2,1-9H3,(H,37,45)(H,38,41)/t22-,29-,34?/m0/s1. The van der Waals surface area contributed by atoms with Gasteiger partial charge in [0, 0.05) is 6.42 Å². The van der Waals surface area contributed by atoms with Gasteiger partial charge in [0.15, 0.2) is 18.0 Å². The molecule has 1 unspecified atom stereocenters. The lowest BCUT2D eigenvalue weighted by molar-refractivity contribution is -0.157. The average molecular weight is 729 g/mol. The van der Waals surface area contributed by atoms with Crippen LogP contribution in [0.15, 0.2) is 30.0 Å². The quantitative estimate of drug-likeness (QED) is 0.168. The van der Waals surface area contributed by atoms with E-state index in [1.165, 1.54) is 24.3 Å². The molecule has 1 aromatic rings. The molecular formula is C34H47Cl2N3O10. The minimum Gasteiger partial charge on any atom is -0.460 e. The summed E-state index contributed by atoms with van der Waals surface area (Å²) in [5, 5.41) is 5.44. The number of carbonyl (C=O) groups excluding carboxylic acids is 6. The molecule has 15 heteroatoms. The van der Waals surface area contributed by atoms with E-state index in [1.807, 2.05) is 13.8 Å². The molecule has 0 aromatic heterocycles. The monoisotopic (exact) mass is 727 g/mol. The van der Waals surface area contributed by atoms with Gasteiger partial charge in [0.1, 0.15) is 17.2 Å². The van der Waals surface area contributed by atoms with E-state index >= 15 is 0 Å². The highest BCUT2D eigenvalue weighted by molar-refractivity contribution is 6.39. The van der Waals surface area contributed by atoms with Crippen LogP contribution in [-0.2, 0) is 43.0 Å². The summed E-state index contributed by atoms with van der Waals surface area (Å²) in [6.07, 6.45) is 0.771. The van der Waals surface area contributed by atoms with Gasteiger partial charge < -0.3 is 24.8 Å². The predicted octanol–water partition coefficient (Wildman–Crippen LogP) is 4.77. The largest absolute Gasteiger partial charge is 0.460 e. The van der Waals surface area contributed by atoms with E-state index in [-0.39, 0.29) is 40.8 Å². The van der Waals surface area contributed by atoms with Crippen molar-refractivity contribution in [3.8, 4) is 0 Å². The molecule has 2 rings (SSSR count). The van der Waals surface area contributed by atoms with Crippen molar-refractivity contribution in [2.24, 2.45) is 5.92 Å². The number of esters is 3. The predicted molar refractivity (Wildman–Crippen MR) is 181 cm³/mol. The number of halogens is 2. The molecule has 3 N–H and O–H groups in total. The van der Waals surface area contributed by atoms with Crippen LogP contribution >= 0.6 is 23.2 Å². The summed E-state index contributed by atoms with van der Waals surface area (Å²) in [6.45, 7) is 14.7. The van der Waals surface area contributed by atoms with Gasteiger partial charge in [-0.3, -0.25) is 34.3 Å². The molecule has 0 aliphatic carbocycles. The van der Waals surface area contributed by atoms with Crippen molar-refractivity contribution >= 4 is 58.7 Å². The number of nitrogens with one attached hydrogen (secondary N) is 3. The molecule has 0 radical (unpaired) electrons. The van der Waals surface area contributed by atoms with Crippen molar-refractivity contribution in [2.45, 2.75) is 117 Å². The highest BCUT2D eigenvalue weighted by Gasteiger charge is 2.45. The summed E-state index contributed by atoms with van der Waals surface area (Å²) in [7, 11) is 0. The van der Waals surface area contributed by atoms with E-state index in [0.717, 1.165) is 0 Å². The third kappa shape index (κ3) is 12.9. The second-order valence-electron chi connectivity index (χ2n) is 13.9. The third-order valence-corrected chi connectivity index (χ3v) is 7.57. The van der Waals surface area contributed by atoms with Crippen molar-refractivity contribution in [1.29, 1.82) is 0 Å². The van der Waals surface area contributed by atoms with Gasteiger partial charge in [-0.2, -0.15) is 0 Å². The van der Waals surface area contributed by atoms with Crippen molar-refractivity contribution < 1.29 is 47.8 Å². The number of hydroxylamine groups is 1. The number of carbonyl (C=O) groups is 6. The van der Waals surface area contributed by atoms with Gasteiger partial charge in [-0.05, 0) is 72.1 Å². The number of amides is 2. The Morgan fingerprint density at radius 3 is 2.00 bits per heavy atom. The molecule has 2 amide bonds. The minimum absolute atomic E-state index is 0.0147. The summed E-state index contributed by atoms with van der Waals surface area (Å²) in [6, 6.07) is 2.28. The Morgan fingerprint density at radius 2 is 1.47 bits per heavy atom. The molecule has 49 heavy (non-hydrogen) atoms. The molecule has 13 nitrogen and oxygen atoms in total. The van der Waals surface area contributed by atoms with E-state index in [2.05, 4.69) is 16.1 Å². The summed E-state index contributed by atoms with van der Waals surface area (Å²) >= 11 is 12.2. The lowest BCUT2D eigenvalue weighted by atomic mass is 9.93. The molecule has 1 aliphatic rings. The SMILES string of the molecule is CCC1(C(=O)N[C@@H](CC(=O)OC(C)(C)C)C(=O)COC(=O)c2c(Cl)cccc2Cl)C=C([C@@H](NC(=O)CCC(=O)OC(C)(C)C)C(C)C)NO1. The fourth-order valence-electron chi connectivity index (χ4n) is 4.60. The van der Waals surface area contributed by atoms with Gasteiger partial charge in [0.25, 0.3) is 5.91 Å². The first-order chi connectivity index (χ1) is 22.6. The van der Waals surface area contributed by atoms with Gasteiger partial charge in [0.2, 0.25) is 5.91 Å². The topological polar surface area (TPSA) is 175 Å². The molecule has 272 valence electrons. The van der Waals surface area contributed by atoms with Gasteiger partial charge in [-0.15, -0.1) is 0 Å². The molecule has 0 bridgehead atoms. The lowest BCUT2D eigenvalue weighted by Gasteiger charge is -2.27. The van der Waals surface area contributed by atoms with Gasteiger partial charge in [0.05, 0.1) is 40.2 Å². The summed E-state index contributed by atoms with van der Waals surface area (Å²) < 4.78 is 15.8. The van der Waals surface area contributed by atoms with Crippen LogP contribution in [0.2, 0.25) is 10.0 Å². The maximum absolute atomic E-state index is 13.8. The van der Waals surface area contributed by atoms with Gasteiger partial charge in [-0.1, -0.05) is 50.0 Å². The highest BCUT2D eigenvalue weighted by Crippen LogP contribution is 2.29. The zero-order chi connectivity index (χ0) is 37.3. The normalized spacial score (nSPS) is 17.3. The Hall–Kier alpha value is -3.68. The Bertz CT molecular complexity index is 1430. The number of ketones is 1. The maximum atomic E-state index is 13.8. The van der Waals surface area contributed by atoms with E-state index in [0.29, 0.717) is 5.70 Å². The van der Waals surface area contributed by atoms with Crippen molar-refractivity contribution in [3.05, 3.63) is 45.6 Å². The lowest BCUT2D eigenvalue weighted by Crippen LogP contribution is -2.53. The number of hydrogen-bond acceptors (Lipinski definition) is 11. The van der Waals surface area contributed by atoms with E-state index < -0.39 is 77.4 Å². The molecular weight excluding hydrogens is 681 g/mol. The van der Waals surface area contributed by atoms with Gasteiger partial charge >= 0.3 is 17.9 Å². The van der Waals surface area contributed by atoms with E-state index in [4.69, 9.17) is 42.3 Å². The fourth-order valence-corrected chi connectivity index (χ4v) is 5.15. The summed E-state index contributed by atoms with van der Waals surface area (Å²) in [5.74, 6) is -4.45. The molecule has 1 heterocycles. The second-order valence-corrected chi connectivity index (χ2v) is 14.7. The van der Waals surface area contributed by atoms with Crippen molar-refractivity contribution in [3.63, 3.8) is 0 Å². The zero-order valence-electron chi connectivity index (χ0n) is 29.4. The van der Waals surface area contributed by atoms with Crippen LogP contribution in [-0.4, -0.2) is 71.0 Å². The summed E-state index contributed by atoms with van der Waals surface area (Å²) in [5.41, 5.74) is -0.260. The molecule has 0 spiro atoms. The van der Waals surface area contributed by atoms with Crippen LogP contribution in [0.25, 0.3) is 0 Å². The highest BCUT2D eigenvalue weighted by atomic mass is 35.5. The zero-order valence-corrected chi connectivity index (χ0v) is 30.9. The minimum atomic E-state index is -1.65. The second kappa shape index (κ2) is 17.3. The number of hydrogen-bond donors (Lipinski definition) is 3. The smallest absolute Gasteiger partial charge is 0.341 e. The van der Waals surface area contributed by atoms with Crippen LogP contribution in [0, 0.1) is 5.92 Å². The first-order valence-corrected chi connectivity index (χ1v) is 16.7. The third-order valence-electron chi connectivity index (χ3n) is 6.94. The number of ether oxygens (including phenoxy) is 3. The van der Waals surface area contributed by atoms with Crippen LogP contribution < -0.4 is 16.1 Å². The number of benzene rings is 1. The fraction of sp³-hybridized carbons (Fsp3) is 0.588. The first kappa shape index (κ1) is 41.5. The molecule has 0 saturated carbocycles. The molecule has 0 saturated heterocycles. The van der Waals surface area contributed by atoms with Crippen LogP contribution in [0.4, 0.5) is 0 Å². The molecule has 3 atom stereocenters. The van der Waals surface area contributed by atoms with E-state index in [9.17, 15) is 28.8 Å². The van der Waals surface area contributed by atoms with Gasteiger partial charge in [-0.25, -0.2) is 4.79 Å². The Kier molecular flexibility index (Phi) is 14.7. The first-order valence-electron chi connectivity index (χ1n) is 15.9.